The van der Waals surface area contributed by atoms with E-state index >= 15 is 0 Å². The third kappa shape index (κ3) is 5.30. The van der Waals surface area contributed by atoms with Gasteiger partial charge in [-0.15, -0.1) is 0 Å². The lowest BCUT2D eigenvalue weighted by atomic mass is 9.96. The Morgan fingerprint density at radius 3 is 1.46 bits per heavy atom. The molecule has 1 saturated carbocycles. The van der Waals surface area contributed by atoms with Crippen molar-refractivity contribution in [1.29, 1.82) is 0 Å². The first-order valence-corrected chi connectivity index (χ1v) is 6.13. The van der Waals surface area contributed by atoms with E-state index in [1.54, 1.807) is 0 Å². The van der Waals surface area contributed by atoms with Crippen LogP contribution in [0.4, 0.5) is 0 Å². The molecular formula is C12H25N. The van der Waals surface area contributed by atoms with Crippen LogP contribution >= 0.6 is 0 Å². The van der Waals surface area contributed by atoms with Crippen molar-refractivity contribution >= 4 is 0 Å². The van der Waals surface area contributed by atoms with Crippen molar-refractivity contribution < 1.29 is 0 Å². The van der Waals surface area contributed by atoms with Crippen LogP contribution in [0.3, 0.4) is 0 Å². The van der Waals surface area contributed by atoms with Gasteiger partial charge in [-0.3, -0.25) is 0 Å². The van der Waals surface area contributed by atoms with E-state index in [1.807, 2.05) is 0 Å². The second-order valence-corrected chi connectivity index (χ2v) is 4.51. The van der Waals surface area contributed by atoms with Gasteiger partial charge in [0.15, 0.2) is 0 Å². The molecule has 1 nitrogen and oxygen atoms in total. The van der Waals surface area contributed by atoms with Gasteiger partial charge in [0.2, 0.25) is 0 Å². The molecule has 0 aromatic carbocycles. The summed E-state index contributed by atoms with van der Waals surface area (Å²) in [5, 5.41) is 0. The fourth-order valence-corrected chi connectivity index (χ4v) is 2.31. The monoisotopic (exact) mass is 183 g/mol. The lowest BCUT2D eigenvalue weighted by molar-refractivity contribution is 0.423. The highest BCUT2D eigenvalue weighted by Gasteiger charge is 2.06. The zero-order chi connectivity index (χ0) is 9.36. The van der Waals surface area contributed by atoms with Gasteiger partial charge < -0.3 is 5.73 Å². The molecule has 0 bridgehead atoms. The molecule has 0 heterocycles. The highest BCUT2D eigenvalue weighted by atomic mass is 14.5. The van der Waals surface area contributed by atoms with Gasteiger partial charge in [-0.2, -0.15) is 0 Å². The van der Waals surface area contributed by atoms with Gasteiger partial charge >= 0.3 is 0 Å². The first-order chi connectivity index (χ1) is 6.43. The number of nitrogens with two attached hydrogens (primary N) is 1. The van der Waals surface area contributed by atoms with E-state index in [2.05, 4.69) is 0 Å². The van der Waals surface area contributed by atoms with E-state index in [1.165, 1.54) is 64.2 Å². The van der Waals surface area contributed by atoms with Gasteiger partial charge in [0.25, 0.3) is 0 Å². The van der Waals surface area contributed by atoms with Crippen molar-refractivity contribution in [2.45, 2.75) is 64.2 Å². The van der Waals surface area contributed by atoms with Crippen LogP contribution in [0.25, 0.3) is 0 Å². The Balaban J connectivity index is 2.18. The maximum Gasteiger partial charge on any atom is -0.00489 e. The normalized spacial score (nSPS) is 23.8. The first kappa shape index (κ1) is 11.0. The Morgan fingerprint density at radius 2 is 1.08 bits per heavy atom. The lowest BCUT2D eigenvalue weighted by Crippen LogP contribution is -2.14. The summed E-state index contributed by atoms with van der Waals surface area (Å²) in [6.45, 7) is 0.917. The maximum absolute atomic E-state index is 5.75. The van der Waals surface area contributed by atoms with Gasteiger partial charge in [0.05, 0.1) is 0 Å². The summed E-state index contributed by atoms with van der Waals surface area (Å²) in [7, 11) is 0. The molecule has 0 unspecified atom stereocenters. The summed E-state index contributed by atoms with van der Waals surface area (Å²) in [4.78, 5) is 0. The lowest BCUT2D eigenvalue weighted by Gasteiger charge is -2.13. The Hall–Kier alpha value is -0.0400. The second kappa shape index (κ2) is 7.37. The Labute approximate surface area is 83.1 Å². The van der Waals surface area contributed by atoms with Gasteiger partial charge in [0.1, 0.15) is 0 Å². The van der Waals surface area contributed by atoms with Crippen LogP contribution in [-0.4, -0.2) is 6.54 Å². The predicted molar refractivity (Wildman–Crippen MR) is 58.7 cm³/mol. The summed E-state index contributed by atoms with van der Waals surface area (Å²) in [5.74, 6) is 0.832. The van der Waals surface area contributed by atoms with Crippen molar-refractivity contribution in [1.82, 2.24) is 0 Å². The summed E-state index contributed by atoms with van der Waals surface area (Å²) in [5.41, 5.74) is 5.75. The van der Waals surface area contributed by atoms with E-state index in [4.69, 9.17) is 5.73 Å². The summed E-state index contributed by atoms with van der Waals surface area (Å²) in [6, 6.07) is 0. The molecule has 1 fully saturated rings. The van der Waals surface area contributed by atoms with E-state index in [0.717, 1.165) is 12.5 Å². The Kier molecular flexibility index (Phi) is 6.26. The molecular weight excluding hydrogens is 158 g/mol. The summed E-state index contributed by atoms with van der Waals surface area (Å²) >= 11 is 0. The molecule has 0 amide bonds. The highest BCUT2D eigenvalue weighted by Crippen LogP contribution is 2.20. The van der Waals surface area contributed by atoms with E-state index < -0.39 is 0 Å². The van der Waals surface area contributed by atoms with Crippen LogP contribution in [0.2, 0.25) is 0 Å². The minimum atomic E-state index is 0.832. The molecule has 0 aliphatic heterocycles. The molecule has 0 atom stereocenters. The molecule has 1 aliphatic rings. The molecule has 78 valence electrons. The summed E-state index contributed by atoms with van der Waals surface area (Å²) < 4.78 is 0. The van der Waals surface area contributed by atoms with Gasteiger partial charge in [-0.1, -0.05) is 51.4 Å². The fourth-order valence-electron chi connectivity index (χ4n) is 2.31. The Morgan fingerprint density at radius 1 is 0.692 bits per heavy atom. The second-order valence-electron chi connectivity index (χ2n) is 4.51. The van der Waals surface area contributed by atoms with Gasteiger partial charge in [-0.25, -0.2) is 0 Å². The predicted octanol–water partition coefficient (Wildman–Crippen LogP) is 3.48. The smallest absolute Gasteiger partial charge is 0.00489 e. The van der Waals surface area contributed by atoms with E-state index in [-0.39, 0.29) is 0 Å². The highest BCUT2D eigenvalue weighted by molar-refractivity contribution is 4.62. The van der Waals surface area contributed by atoms with Crippen molar-refractivity contribution in [3.05, 3.63) is 0 Å². The zero-order valence-corrected chi connectivity index (χ0v) is 8.93. The van der Waals surface area contributed by atoms with Crippen molar-refractivity contribution in [2.75, 3.05) is 6.54 Å². The average molecular weight is 183 g/mol. The third-order valence-electron chi connectivity index (χ3n) is 3.31. The maximum atomic E-state index is 5.75. The molecule has 2 N–H and O–H groups in total. The van der Waals surface area contributed by atoms with Crippen molar-refractivity contribution in [3.63, 3.8) is 0 Å². The minimum Gasteiger partial charge on any atom is -0.330 e. The van der Waals surface area contributed by atoms with Gasteiger partial charge in [-0.05, 0) is 25.3 Å². The minimum absolute atomic E-state index is 0.832. The van der Waals surface area contributed by atoms with Crippen molar-refractivity contribution in [3.8, 4) is 0 Å². The van der Waals surface area contributed by atoms with Crippen LogP contribution in [0.5, 0.6) is 0 Å². The number of hydrogen-bond donors (Lipinski definition) is 1. The molecule has 0 radical (unpaired) electrons. The van der Waals surface area contributed by atoms with E-state index in [0.29, 0.717) is 0 Å². The molecule has 0 aromatic heterocycles. The number of rotatable bonds is 1. The van der Waals surface area contributed by atoms with Crippen LogP contribution in [0.15, 0.2) is 0 Å². The topological polar surface area (TPSA) is 26.0 Å². The van der Waals surface area contributed by atoms with Crippen LogP contribution in [0, 0.1) is 5.92 Å². The number of hydrogen-bond acceptors (Lipinski definition) is 1. The summed E-state index contributed by atoms with van der Waals surface area (Å²) in [6.07, 6.45) is 14.3. The van der Waals surface area contributed by atoms with Gasteiger partial charge in [0, 0.05) is 0 Å². The molecule has 0 saturated heterocycles. The molecule has 1 heteroatoms. The molecule has 0 aromatic rings. The van der Waals surface area contributed by atoms with Crippen LogP contribution in [-0.2, 0) is 0 Å². The standard InChI is InChI=1S/C12H25N/c13-11-12-9-7-5-3-1-2-4-6-8-10-12/h12H,1-11,13H2. The largest absolute Gasteiger partial charge is 0.330 e. The van der Waals surface area contributed by atoms with Crippen molar-refractivity contribution in [2.24, 2.45) is 11.7 Å². The first-order valence-electron chi connectivity index (χ1n) is 6.13. The fraction of sp³-hybridized carbons (Fsp3) is 1.00. The quantitative estimate of drug-likeness (QED) is 0.662. The van der Waals surface area contributed by atoms with Crippen LogP contribution in [0.1, 0.15) is 64.2 Å². The van der Waals surface area contributed by atoms with Crippen LogP contribution < -0.4 is 5.73 Å². The third-order valence-corrected chi connectivity index (χ3v) is 3.31. The molecule has 0 spiro atoms. The average Bonchev–Trinajstić information content (AvgIpc) is 2.22. The molecule has 1 rings (SSSR count). The SMILES string of the molecule is NCC1CCCCCCCCCC1. The molecule has 13 heavy (non-hydrogen) atoms. The molecule has 1 aliphatic carbocycles. The zero-order valence-electron chi connectivity index (χ0n) is 8.93. The van der Waals surface area contributed by atoms with E-state index in [9.17, 15) is 0 Å². The Bertz CT molecular complexity index is 99.7.